The van der Waals surface area contributed by atoms with Gasteiger partial charge in [-0.05, 0) is 18.6 Å². The lowest BCUT2D eigenvalue weighted by molar-refractivity contribution is 0.469. The molecule has 1 atom stereocenters. The van der Waals surface area contributed by atoms with Crippen LogP contribution in [0.15, 0.2) is 22.7 Å². The Bertz CT molecular complexity index is 377. The first-order valence-corrected chi connectivity index (χ1v) is 4.28. The van der Waals surface area contributed by atoms with Crippen LogP contribution in [0.2, 0.25) is 0 Å². The number of nitrogens with two attached hydrogens (primary N) is 1. The summed E-state index contributed by atoms with van der Waals surface area (Å²) in [4.78, 5) is 8.24. The van der Waals surface area contributed by atoms with Crippen LogP contribution < -0.4 is 5.73 Å². The van der Waals surface area contributed by atoms with Crippen LogP contribution in [-0.2, 0) is 0 Å². The molecule has 0 radical (unpaired) electrons. The van der Waals surface area contributed by atoms with Gasteiger partial charge in [-0.3, -0.25) is 0 Å². The van der Waals surface area contributed by atoms with Gasteiger partial charge < -0.3 is 10.2 Å². The summed E-state index contributed by atoms with van der Waals surface area (Å²) >= 11 is 0. The molecular weight excluding hydrogens is 166 g/mol. The van der Waals surface area contributed by atoms with Crippen molar-refractivity contribution in [3.05, 3.63) is 24.2 Å². The molecule has 0 saturated heterocycles. The molecule has 2 N–H and O–H groups in total. The van der Waals surface area contributed by atoms with Crippen molar-refractivity contribution in [1.82, 2.24) is 9.97 Å². The molecule has 1 unspecified atom stereocenters. The first-order valence-electron chi connectivity index (χ1n) is 4.28. The Morgan fingerprint density at radius 1 is 1.62 bits per heavy atom. The average Bonchev–Trinajstić information content (AvgIpc) is 2.59. The number of hydrogen-bond donors (Lipinski definition) is 1. The van der Waals surface area contributed by atoms with Gasteiger partial charge in [-0.25, -0.2) is 4.98 Å². The topological polar surface area (TPSA) is 64.9 Å². The molecule has 4 heteroatoms. The zero-order chi connectivity index (χ0) is 9.26. The van der Waals surface area contributed by atoms with Crippen molar-refractivity contribution in [3.63, 3.8) is 0 Å². The molecule has 0 fully saturated rings. The van der Waals surface area contributed by atoms with Crippen LogP contribution in [-0.4, -0.2) is 9.97 Å². The van der Waals surface area contributed by atoms with E-state index in [-0.39, 0.29) is 6.04 Å². The van der Waals surface area contributed by atoms with E-state index in [9.17, 15) is 0 Å². The lowest BCUT2D eigenvalue weighted by atomic mass is 10.2. The molecule has 2 aromatic rings. The first kappa shape index (κ1) is 8.19. The third-order valence-electron chi connectivity index (χ3n) is 1.94. The number of aromatic nitrogens is 2. The highest BCUT2D eigenvalue weighted by atomic mass is 16.3. The summed E-state index contributed by atoms with van der Waals surface area (Å²) < 4.78 is 5.42. The number of hydrogen-bond acceptors (Lipinski definition) is 4. The molecule has 13 heavy (non-hydrogen) atoms. The van der Waals surface area contributed by atoms with Gasteiger partial charge in [0.15, 0.2) is 11.2 Å². The van der Waals surface area contributed by atoms with E-state index in [0.717, 1.165) is 6.42 Å². The van der Waals surface area contributed by atoms with Gasteiger partial charge in [0.25, 0.3) is 0 Å². The summed E-state index contributed by atoms with van der Waals surface area (Å²) in [6, 6.07) is 3.52. The van der Waals surface area contributed by atoms with Gasteiger partial charge in [0.1, 0.15) is 0 Å². The number of fused-ring (bicyclic) bond motifs is 1. The highest BCUT2D eigenvalue weighted by Crippen LogP contribution is 2.18. The number of rotatable bonds is 2. The second kappa shape index (κ2) is 3.14. The lowest BCUT2D eigenvalue weighted by Crippen LogP contribution is -2.08. The molecule has 0 bridgehead atoms. The number of nitrogens with zero attached hydrogens (tertiary/aromatic N) is 2. The van der Waals surface area contributed by atoms with Gasteiger partial charge in [0.2, 0.25) is 5.89 Å². The van der Waals surface area contributed by atoms with Crippen molar-refractivity contribution in [2.24, 2.45) is 5.73 Å². The zero-order valence-electron chi connectivity index (χ0n) is 7.40. The highest BCUT2D eigenvalue weighted by molar-refractivity contribution is 5.66. The summed E-state index contributed by atoms with van der Waals surface area (Å²) in [5.74, 6) is 0.566. The molecule has 2 rings (SSSR count). The van der Waals surface area contributed by atoms with Crippen LogP contribution in [0.5, 0.6) is 0 Å². The fourth-order valence-electron chi connectivity index (χ4n) is 1.12. The third kappa shape index (κ3) is 1.40. The largest absolute Gasteiger partial charge is 0.437 e. The van der Waals surface area contributed by atoms with E-state index in [0.29, 0.717) is 17.1 Å². The van der Waals surface area contributed by atoms with Crippen LogP contribution >= 0.6 is 0 Å². The predicted molar refractivity (Wildman–Crippen MR) is 49.0 cm³/mol. The van der Waals surface area contributed by atoms with Crippen LogP contribution in [0.25, 0.3) is 11.2 Å². The summed E-state index contributed by atoms with van der Waals surface area (Å²) in [6.07, 6.45) is 2.50. The Kier molecular flexibility index (Phi) is 1.98. The van der Waals surface area contributed by atoms with Crippen molar-refractivity contribution >= 4 is 11.2 Å². The highest BCUT2D eigenvalue weighted by Gasteiger charge is 2.11. The fraction of sp³-hybridized carbons (Fsp3) is 0.333. The molecule has 4 nitrogen and oxygen atoms in total. The van der Waals surface area contributed by atoms with Gasteiger partial charge in [0, 0.05) is 6.20 Å². The first-order chi connectivity index (χ1) is 6.31. The fourth-order valence-corrected chi connectivity index (χ4v) is 1.12. The molecule has 0 aliphatic heterocycles. The molecular formula is C9H11N3O. The van der Waals surface area contributed by atoms with Gasteiger partial charge in [-0.1, -0.05) is 6.92 Å². The van der Waals surface area contributed by atoms with Crippen LogP contribution in [0.4, 0.5) is 0 Å². The molecule has 0 aliphatic rings. The van der Waals surface area contributed by atoms with E-state index in [2.05, 4.69) is 9.97 Å². The van der Waals surface area contributed by atoms with Gasteiger partial charge in [-0.15, -0.1) is 0 Å². The molecule has 0 aliphatic carbocycles. The smallest absolute Gasteiger partial charge is 0.213 e. The molecule has 0 aromatic carbocycles. The second-order valence-corrected chi connectivity index (χ2v) is 2.89. The van der Waals surface area contributed by atoms with Crippen molar-refractivity contribution in [1.29, 1.82) is 0 Å². The maximum atomic E-state index is 5.77. The lowest BCUT2D eigenvalue weighted by Gasteiger charge is -2.00. The van der Waals surface area contributed by atoms with Crippen molar-refractivity contribution in [2.75, 3.05) is 0 Å². The van der Waals surface area contributed by atoms with Crippen LogP contribution in [0.3, 0.4) is 0 Å². The minimum absolute atomic E-state index is 0.130. The van der Waals surface area contributed by atoms with Gasteiger partial charge in [-0.2, -0.15) is 4.98 Å². The van der Waals surface area contributed by atoms with E-state index in [1.165, 1.54) is 0 Å². The number of oxazole rings is 1. The predicted octanol–water partition coefficient (Wildman–Crippen LogP) is 1.63. The van der Waals surface area contributed by atoms with Gasteiger partial charge in [0.05, 0.1) is 6.04 Å². The average molecular weight is 177 g/mol. The monoisotopic (exact) mass is 177 g/mol. The summed E-state index contributed by atoms with van der Waals surface area (Å²) in [5.41, 5.74) is 7.10. The quantitative estimate of drug-likeness (QED) is 0.757. The van der Waals surface area contributed by atoms with Gasteiger partial charge >= 0.3 is 0 Å². The van der Waals surface area contributed by atoms with Crippen molar-refractivity contribution in [3.8, 4) is 0 Å². The summed E-state index contributed by atoms with van der Waals surface area (Å²) in [6.45, 7) is 1.99. The molecule has 0 saturated carbocycles. The van der Waals surface area contributed by atoms with Crippen LogP contribution in [0, 0.1) is 0 Å². The SMILES string of the molecule is CCC(N)c1nc2ncccc2o1. The number of pyridine rings is 1. The molecule has 68 valence electrons. The maximum absolute atomic E-state index is 5.77. The second-order valence-electron chi connectivity index (χ2n) is 2.89. The van der Waals surface area contributed by atoms with E-state index in [1.807, 2.05) is 19.1 Å². The summed E-state index contributed by atoms with van der Waals surface area (Å²) in [7, 11) is 0. The molecule has 0 spiro atoms. The Hall–Kier alpha value is -1.42. The van der Waals surface area contributed by atoms with Crippen molar-refractivity contribution < 1.29 is 4.42 Å². The Morgan fingerprint density at radius 2 is 2.46 bits per heavy atom. The Morgan fingerprint density at radius 3 is 3.15 bits per heavy atom. The van der Waals surface area contributed by atoms with E-state index < -0.39 is 0 Å². The summed E-state index contributed by atoms with van der Waals surface area (Å²) in [5, 5.41) is 0. The molecule has 2 aromatic heterocycles. The van der Waals surface area contributed by atoms with E-state index >= 15 is 0 Å². The Balaban J connectivity index is 2.49. The van der Waals surface area contributed by atoms with Crippen LogP contribution in [0.1, 0.15) is 25.3 Å². The molecule has 2 heterocycles. The normalized spacial score (nSPS) is 13.4. The zero-order valence-corrected chi connectivity index (χ0v) is 7.40. The van der Waals surface area contributed by atoms with Crippen molar-refractivity contribution in [2.45, 2.75) is 19.4 Å². The standard InChI is InChI=1S/C9H11N3O/c1-2-6(10)9-12-8-7(13-9)4-3-5-11-8/h3-6H,2,10H2,1H3. The van der Waals surface area contributed by atoms with E-state index in [4.69, 9.17) is 10.2 Å². The van der Waals surface area contributed by atoms with E-state index in [1.54, 1.807) is 6.20 Å². The molecule has 0 amide bonds. The Labute approximate surface area is 75.8 Å². The third-order valence-corrected chi connectivity index (χ3v) is 1.94. The minimum Gasteiger partial charge on any atom is -0.437 e. The maximum Gasteiger partial charge on any atom is 0.213 e. The minimum atomic E-state index is -0.130.